The summed E-state index contributed by atoms with van der Waals surface area (Å²) in [5.41, 5.74) is 1.21. The predicted octanol–water partition coefficient (Wildman–Crippen LogP) is 2.58. The lowest BCUT2D eigenvalue weighted by atomic mass is 10.0. The Labute approximate surface area is 115 Å². The van der Waals surface area contributed by atoms with Crippen LogP contribution in [0.5, 0.6) is 0 Å². The Hall–Kier alpha value is -0.930. The molecule has 19 heavy (non-hydrogen) atoms. The number of hydrogen-bond acceptors (Lipinski definition) is 2. The maximum Gasteiger partial charge on any atom is 0.123 e. The molecule has 0 aliphatic carbocycles. The second kappa shape index (κ2) is 5.59. The van der Waals surface area contributed by atoms with Gasteiger partial charge in [-0.15, -0.1) is 0 Å². The summed E-state index contributed by atoms with van der Waals surface area (Å²) in [5.74, 6) is -0.151. The summed E-state index contributed by atoms with van der Waals surface area (Å²) in [6.07, 6.45) is 4.96. The molecule has 1 N–H and O–H groups in total. The Morgan fingerprint density at radius 1 is 1.26 bits per heavy atom. The summed E-state index contributed by atoms with van der Waals surface area (Å²) in [6.45, 7) is 4.78. The van der Waals surface area contributed by atoms with Crippen LogP contribution in [-0.4, -0.2) is 36.1 Å². The third kappa shape index (κ3) is 2.98. The lowest BCUT2D eigenvalue weighted by molar-refractivity contribution is 0.290. The van der Waals surface area contributed by atoms with Crippen molar-refractivity contribution >= 4 is 0 Å². The molecule has 0 spiro atoms. The molecule has 2 saturated heterocycles. The fraction of sp³-hybridized carbons (Fsp3) is 0.625. The summed E-state index contributed by atoms with van der Waals surface area (Å²) < 4.78 is 12.9. The zero-order valence-electron chi connectivity index (χ0n) is 11.6. The van der Waals surface area contributed by atoms with Crippen LogP contribution in [0.2, 0.25) is 0 Å². The largest absolute Gasteiger partial charge is 0.310 e. The van der Waals surface area contributed by atoms with E-state index in [9.17, 15) is 4.39 Å². The molecule has 3 rings (SSSR count). The lowest BCUT2D eigenvalue weighted by Gasteiger charge is -2.25. The molecular formula is C16H23FN2. The van der Waals surface area contributed by atoms with Crippen LogP contribution in [-0.2, 0) is 6.42 Å². The fourth-order valence-electron chi connectivity index (χ4n) is 3.68. The predicted molar refractivity (Wildman–Crippen MR) is 75.7 cm³/mol. The van der Waals surface area contributed by atoms with Crippen molar-refractivity contribution in [2.75, 3.05) is 13.1 Å². The summed E-state index contributed by atoms with van der Waals surface area (Å²) >= 11 is 0. The summed E-state index contributed by atoms with van der Waals surface area (Å²) in [7, 11) is 0. The molecule has 0 amide bonds. The minimum Gasteiger partial charge on any atom is -0.310 e. The Morgan fingerprint density at radius 3 is 2.84 bits per heavy atom. The fourth-order valence-corrected chi connectivity index (χ4v) is 3.68. The summed E-state index contributed by atoms with van der Waals surface area (Å²) in [5, 5.41) is 3.78. The van der Waals surface area contributed by atoms with Gasteiger partial charge in [-0.05, 0) is 56.8 Å². The van der Waals surface area contributed by atoms with Crippen molar-refractivity contribution in [1.29, 1.82) is 0 Å². The molecule has 0 radical (unpaired) electrons. The van der Waals surface area contributed by atoms with E-state index in [1.165, 1.54) is 37.9 Å². The average Bonchev–Trinajstić information content (AvgIpc) is 2.97. The number of rotatable bonds is 4. The summed E-state index contributed by atoms with van der Waals surface area (Å²) in [6, 6.07) is 8.76. The van der Waals surface area contributed by atoms with E-state index in [4.69, 9.17) is 0 Å². The zero-order valence-corrected chi connectivity index (χ0v) is 11.6. The molecule has 2 heterocycles. The van der Waals surface area contributed by atoms with E-state index < -0.39 is 0 Å². The van der Waals surface area contributed by atoms with Gasteiger partial charge in [0.1, 0.15) is 5.82 Å². The Balaban J connectivity index is 1.53. The number of nitrogens with one attached hydrogen (secondary N) is 1. The highest BCUT2D eigenvalue weighted by molar-refractivity contribution is 5.17. The van der Waals surface area contributed by atoms with Crippen LogP contribution in [0, 0.1) is 5.82 Å². The standard InChI is InChI=1S/C16H23FN2/c1-12(11-13-4-6-14(17)7-5-13)18-15-8-10-19-9-2-3-16(15)19/h4-7,12,15-16,18H,2-3,8-11H2,1H3. The molecule has 2 aliphatic heterocycles. The van der Waals surface area contributed by atoms with Crippen LogP contribution in [0.25, 0.3) is 0 Å². The second-order valence-corrected chi connectivity index (χ2v) is 6.04. The molecule has 2 fully saturated rings. The lowest BCUT2D eigenvalue weighted by Crippen LogP contribution is -2.44. The highest BCUT2D eigenvalue weighted by Crippen LogP contribution is 2.28. The molecule has 0 saturated carbocycles. The minimum atomic E-state index is -0.151. The van der Waals surface area contributed by atoms with E-state index in [2.05, 4.69) is 17.1 Å². The van der Waals surface area contributed by atoms with E-state index in [0.29, 0.717) is 12.1 Å². The quantitative estimate of drug-likeness (QED) is 0.897. The van der Waals surface area contributed by atoms with Gasteiger partial charge in [-0.25, -0.2) is 4.39 Å². The molecule has 2 nitrogen and oxygen atoms in total. The molecule has 3 unspecified atom stereocenters. The highest BCUT2D eigenvalue weighted by Gasteiger charge is 2.37. The van der Waals surface area contributed by atoms with Gasteiger partial charge in [0, 0.05) is 24.7 Å². The normalized spacial score (nSPS) is 28.5. The van der Waals surface area contributed by atoms with E-state index in [1.54, 1.807) is 12.1 Å². The van der Waals surface area contributed by atoms with Crippen LogP contribution in [0.15, 0.2) is 24.3 Å². The summed E-state index contributed by atoms with van der Waals surface area (Å²) in [4.78, 5) is 2.63. The third-order valence-corrected chi connectivity index (χ3v) is 4.56. The molecule has 1 aromatic carbocycles. The Kier molecular flexibility index (Phi) is 3.85. The van der Waals surface area contributed by atoms with Gasteiger partial charge < -0.3 is 5.32 Å². The van der Waals surface area contributed by atoms with Crippen LogP contribution in [0.1, 0.15) is 31.7 Å². The minimum absolute atomic E-state index is 0.151. The van der Waals surface area contributed by atoms with Crippen LogP contribution in [0.4, 0.5) is 4.39 Å². The van der Waals surface area contributed by atoms with Crippen molar-refractivity contribution in [3.8, 4) is 0 Å². The number of nitrogens with zero attached hydrogens (tertiary/aromatic N) is 1. The maximum atomic E-state index is 12.9. The number of hydrogen-bond donors (Lipinski definition) is 1. The second-order valence-electron chi connectivity index (χ2n) is 6.04. The smallest absolute Gasteiger partial charge is 0.123 e. The van der Waals surface area contributed by atoms with Crippen LogP contribution in [0.3, 0.4) is 0 Å². The maximum absolute atomic E-state index is 12.9. The van der Waals surface area contributed by atoms with Gasteiger partial charge >= 0.3 is 0 Å². The SMILES string of the molecule is CC(Cc1ccc(F)cc1)NC1CCN2CCCC12. The van der Waals surface area contributed by atoms with Crippen LogP contribution >= 0.6 is 0 Å². The van der Waals surface area contributed by atoms with Gasteiger partial charge in [-0.1, -0.05) is 12.1 Å². The number of halogens is 1. The van der Waals surface area contributed by atoms with Crippen molar-refractivity contribution in [3.63, 3.8) is 0 Å². The molecule has 3 atom stereocenters. The van der Waals surface area contributed by atoms with Crippen molar-refractivity contribution in [1.82, 2.24) is 10.2 Å². The molecule has 0 bridgehead atoms. The first-order chi connectivity index (χ1) is 9.22. The Morgan fingerprint density at radius 2 is 2.05 bits per heavy atom. The van der Waals surface area contributed by atoms with Gasteiger partial charge in [-0.3, -0.25) is 4.90 Å². The van der Waals surface area contributed by atoms with Gasteiger partial charge in [0.15, 0.2) is 0 Å². The molecule has 2 aliphatic rings. The van der Waals surface area contributed by atoms with Gasteiger partial charge in [0.2, 0.25) is 0 Å². The van der Waals surface area contributed by atoms with E-state index in [-0.39, 0.29) is 5.82 Å². The Bertz CT molecular complexity index is 417. The van der Waals surface area contributed by atoms with Gasteiger partial charge in [-0.2, -0.15) is 0 Å². The molecular weight excluding hydrogens is 239 g/mol. The molecule has 3 heteroatoms. The van der Waals surface area contributed by atoms with Crippen molar-refractivity contribution in [2.45, 2.75) is 50.7 Å². The van der Waals surface area contributed by atoms with Gasteiger partial charge in [0.05, 0.1) is 0 Å². The number of fused-ring (bicyclic) bond motifs is 1. The highest BCUT2D eigenvalue weighted by atomic mass is 19.1. The topological polar surface area (TPSA) is 15.3 Å². The monoisotopic (exact) mass is 262 g/mol. The van der Waals surface area contributed by atoms with Crippen molar-refractivity contribution in [2.24, 2.45) is 0 Å². The van der Waals surface area contributed by atoms with E-state index >= 15 is 0 Å². The first kappa shape index (κ1) is 13.1. The third-order valence-electron chi connectivity index (χ3n) is 4.56. The number of benzene rings is 1. The molecule has 0 aromatic heterocycles. The van der Waals surface area contributed by atoms with Crippen molar-refractivity contribution in [3.05, 3.63) is 35.6 Å². The molecule has 104 valence electrons. The van der Waals surface area contributed by atoms with Gasteiger partial charge in [0.25, 0.3) is 0 Å². The average molecular weight is 262 g/mol. The van der Waals surface area contributed by atoms with Crippen LogP contribution < -0.4 is 5.32 Å². The van der Waals surface area contributed by atoms with Crippen molar-refractivity contribution < 1.29 is 4.39 Å². The first-order valence-corrected chi connectivity index (χ1v) is 7.47. The molecule has 1 aromatic rings. The van der Waals surface area contributed by atoms with E-state index in [1.807, 2.05) is 12.1 Å². The first-order valence-electron chi connectivity index (χ1n) is 7.47. The van der Waals surface area contributed by atoms with E-state index in [0.717, 1.165) is 12.5 Å². The zero-order chi connectivity index (χ0) is 13.2.